The fourth-order valence-corrected chi connectivity index (χ4v) is 6.35. The first-order valence-corrected chi connectivity index (χ1v) is 15.4. The zero-order chi connectivity index (χ0) is 30.3. The van der Waals surface area contributed by atoms with Gasteiger partial charge in [-0.1, -0.05) is 19.9 Å². The molecule has 0 spiro atoms. The maximum atomic E-state index is 13.5. The summed E-state index contributed by atoms with van der Waals surface area (Å²) in [5, 5.41) is 9.50. The zero-order valence-corrected chi connectivity index (χ0v) is 25.2. The summed E-state index contributed by atoms with van der Waals surface area (Å²) in [5.41, 5.74) is 2.88. The Morgan fingerprint density at radius 3 is 2.60 bits per heavy atom. The van der Waals surface area contributed by atoms with E-state index >= 15 is 0 Å². The number of nitrogens with zero attached hydrogens (tertiary/aromatic N) is 7. The lowest BCUT2D eigenvalue weighted by Crippen LogP contribution is -2.65. The van der Waals surface area contributed by atoms with Gasteiger partial charge in [0.25, 0.3) is 11.8 Å². The van der Waals surface area contributed by atoms with Gasteiger partial charge in [-0.05, 0) is 56.1 Å². The van der Waals surface area contributed by atoms with Crippen molar-refractivity contribution in [2.24, 2.45) is 0 Å². The highest BCUT2D eigenvalue weighted by Crippen LogP contribution is 2.34. The molecule has 0 saturated carbocycles. The molecule has 13 heteroatoms. The Balaban J connectivity index is 1.34. The van der Waals surface area contributed by atoms with Crippen LogP contribution in [0.15, 0.2) is 48.1 Å². The van der Waals surface area contributed by atoms with Gasteiger partial charge in [0.2, 0.25) is 5.91 Å². The van der Waals surface area contributed by atoms with Gasteiger partial charge in [-0.3, -0.25) is 14.5 Å². The smallest absolute Gasteiger partial charge is 0.282 e. The molecule has 10 nitrogen and oxygen atoms in total. The number of likely N-dealkylation sites (tertiary alicyclic amines) is 1. The first-order chi connectivity index (χ1) is 20.7. The van der Waals surface area contributed by atoms with E-state index in [1.54, 1.807) is 39.1 Å². The van der Waals surface area contributed by atoms with Crippen molar-refractivity contribution in [3.05, 3.63) is 53.7 Å². The molecule has 2 saturated heterocycles. The van der Waals surface area contributed by atoms with Crippen molar-refractivity contribution in [2.75, 3.05) is 44.2 Å². The van der Waals surface area contributed by atoms with Crippen LogP contribution in [0, 0.1) is 0 Å². The molecular formula is C30H34F2N8O2S. The van der Waals surface area contributed by atoms with Gasteiger partial charge in [0.1, 0.15) is 11.9 Å². The average molecular weight is 609 g/mol. The number of hydrogen-bond acceptors (Lipinski definition) is 8. The predicted molar refractivity (Wildman–Crippen MR) is 162 cm³/mol. The van der Waals surface area contributed by atoms with Crippen molar-refractivity contribution in [2.45, 2.75) is 45.2 Å². The highest BCUT2D eigenvalue weighted by Gasteiger charge is 2.50. The van der Waals surface area contributed by atoms with E-state index in [1.165, 1.54) is 4.90 Å². The molecule has 2 fully saturated rings. The number of thiophene rings is 1. The molecule has 2 amide bonds. The Hall–Kier alpha value is -3.97. The lowest BCUT2D eigenvalue weighted by Gasteiger charge is -2.47. The fraction of sp³-hybridized carbons (Fsp3) is 0.433. The molecular weight excluding hydrogens is 574 g/mol. The maximum absolute atomic E-state index is 13.5. The van der Waals surface area contributed by atoms with Crippen LogP contribution in [0.5, 0.6) is 0 Å². The molecule has 2 atom stereocenters. The summed E-state index contributed by atoms with van der Waals surface area (Å²) >= 11 is 1.58. The predicted octanol–water partition coefficient (Wildman–Crippen LogP) is 4.04. The molecule has 226 valence electrons. The summed E-state index contributed by atoms with van der Waals surface area (Å²) < 4.78 is 28.7. The number of hydrogen-bond donors (Lipinski definition) is 1. The SMILES string of the molecule is CCN(CC)[C@@H](C)CNC(=O)c1cc(-c2cnn3ccc(-c4cccs4)nc23)nc(N2CC[C@H]2C(=O)N2CC(F)(F)C2)c1. The minimum Gasteiger partial charge on any atom is -0.350 e. The number of nitrogens with one attached hydrogen (secondary N) is 1. The number of carbonyl (C=O) groups is 2. The van der Waals surface area contributed by atoms with Crippen LogP contribution in [0.1, 0.15) is 37.6 Å². The second-order valence-corrected chi connectivity index (χ2v) is 12.0. The Morgan fingerprint density at radius 2 is 1.95 bits per heavy atom. The van der Waals surface area contributed by atoms with Crippen LogP contribution in [-0.4, -0.2) is 98.5 Å². The fourth-order valence-electron chi connectivity index (χ4n) is 5.66. The van der Waals surface area contributed by atoms with Crippen LogP contribution in [-0.2, 0) is 4.79 Å². The molecule has 0 unspecified atom stereocenters. The second-order valence-electron chi connectivity index (χ2n) is 11.0. The van der Waals surface area contributed by atoms with Crippen LogP contribution in [0.4, 0.5) is 14.6 Å². The maximum Gasteiger partial charge on any atom is 0.282 e. The van der Waals surface area contributed by atoms with Gasteiger partial charge in [-0.15, -0.1) is 11.3 Å². The van der Waals surface area contributed by atoms with E-state index in [-0.39, 0.29) is 17.9 Å². The van der Waals surface area contributed by atoms with Crippen LogP contribution in [0.25, 0.3) is 27.5 Å². The van der Waals surface area contributed by atoms with E-state index in [0.717, 1.165) is 23.7 Å². The summed E-state index contributed by atoms with van der Waals surface area (Å²) in [4.78, 5) is 42.5. The number of rotatable bonds is 10. The molecule has 0 aliphatic carbocycles. The minimum absolute atomic E-state index is 0.145. The quantitative estimate of drug-likeness (QED) is 0.290. The van der Waals surface area contributed by atoms with Gasteiger partial charge >= 0.3 is 0 Å². The van der Waals surface area contributed by atoms with Crippen molar-refractivity contribution in [1.29, 1.82) is 0 Å². The first kappa shape index (κ1) is 29.1. The average Bonchev–Trinajstić information content (AvgIpc) is 3.64. The van der Waals surface area contributed by atoms with Gasteiger partial charge in [-0.25, -0.2) is 23.3 Å². The second kappa shape index (κ2) is 11.6. The number of amides is 2. The van der Waals surface area contributed by atoms with Gasteiger partial charge < -0.3 is 15.1 Å². The number of anilines is 1. The van der Waals surface area contributed by atoms with E-state index in [4.69, 9.17) is 9.97 Å². The lowest BCUT2D eigenvalue weighted by molar-refractivity contribution is -0.168. The molecule has 2 aliphatic heterocycles. The van der Waals surface area contributed by atoms with Crippen LogP contribution in [0.2, 0.25) is 0 Å². The molecule has 4 aromatic rings. The number of halogens is 2. The molecule has 4 aromatic heterocycles. The number of pyridine rings is 1. The van der Waals surface area contributed by atoms with E-state index in [9.17, 15) is 18.4 Å². The van der Waals surface area contributed by atoms with Crippen LogP contribution in [0.3, 0.4) is 0 Å². The minimum atomic E-state index is -2.84. The number of fused-ring (bicyclic) bond motifs is 1. The van der Waals surface area contributed by atoms with Crippen molar-refractivity contribution in [3.63, 3.8) is 0 Å². The Morgan fingerprint density at radius 1 is 1.16 bits per heavy atom. The molecule has 43 heavy (non-hydrogen) atoms. The van der Waals surface area contributed by atoms with Crippen molar-refractivity contribution >= 4 is 34.6 Å². The van der Waals surface area contributed by atoms with Gasteiger partial charge in [0.05, 0.1) is 41.1 Å². The summed E-state index contributed by atoms with van der Waals surface area (Å²) in [6, 6.07) is 8.77. The largest absolute Gasteiger partial charge is 0.350 e. The monoisotopic (exact) mass is 608 g/mol. The number of carbonyl (C=O) groups excluding carboxylic acids is 2. The summed E-state index contributed by atoms with van der Waals surface area (Å²) in [7, 11) is 0. The molecule has 6 heterocycles. The molecule has 0 bridgehead atoms. The van der Waals surface area contributed by atoms with E-state index < -0.39 is 25.1 Å². The van der Waals surface area contributed by atoms with Gasteiger partial charge in [0.15, 0.2) is 5.65 Å². The summed E-state index contributed by atoms with van der Waals surface area (Å²) in [6.07, 6.45) is 4.02. The normalized spacial score (nSPS) is 18.4. The standard InChI is InChI=1S/C30H34F2N8O2S/c1-4-37(5-2)19(3)15-33-28(41)20-13-23(21-16-34-40-11-8-22(36-27(21)40)25-7-6-12-43-25)35-26(14-20)39-10-9-24(39)29(42)38-17-30(31,32)18-38/h6-8,11-14,16,19,24H,4-5,9-10,15,17-18H2,1-3H3,(H,33,41)/t19-,24-/m0/s1. The summed E-state index contributed by atoms with van der Waals surface area (Å²) in [5.74, 6) is -3.01. The van der Waals surface area contributed by atoms with Crippen molar-refractivity contribution < 1.29 is 18.4 Å². The van der Waals surface area contributed by atoms with Gasteiger partial charge in [-0.2, -0.15) is 5.10 Å². The molecule has 0 radical (unpaired) electrons. The third-order valence-corrected chi connectivity index (χ3v) is 9.13. The molecule has 0 aromatic carbocycles. The molecule has 6 rings (SSSR count). The van der Waals surface area contributed by atoms with E-state index in [1.807, 2.05) is 29.8 Å². The van der Waals surface area contributed by atoms with Crippen LogP contribution >= 0.6 is 11.3 Å². The first-order valence-electron chi connectivity index (χ1n) is 14.5. The van der Waals surface area contributed by atoms with Gasteiger partial charge in [0, 0.05) is 30.9 Å². The van der Waals surface area contributed by atoms with E-state index in [0.29, 0.717) is 47.8 Å². The molecule has 2 aliphatic rings. The lowest BCUT2D eigenvalue weighted by atomic mass is 9.98. The van der Waals surface area contributed by atoms with Crippen molar-refractivity contribution in [3.8, 4) is 21.8 Å². The number of likely N-dealkylation sites (N-methyl/N-ethyl adjacent to an activating group) is 1. The van der Waals surface area contributed by atoms with Crippen LogP contribution < -0.4 is 10.2 Å². The van der Waals surface area contributed by atoms with Crippen molar-refractivity contribution in [1.82, 2.24) is 34.7 Å². The number of aromatic nitrogens is 4. The topological polar surface area (TPSA) is 99.0 Å². The highest BCUT2D eigenvalue weighted by molar-refractivity contribution is 7.13. The molecule has 1 N–H and O–H groups in total. The highest BCUT2D eigenvalue weighted by atomic mass is 32.1. The third kappa shape index (κ3) is 5.70. The third-order valence-electron chi connectivity index (χ3n) is 8.24. The summed E-state index contributed by atoms with van der Waals surface area (Å²) in [6.45, 7) is 7.84. The van der Waals surface area contributed by atoms with E-state index in [2.05, 4.69) is 36.1 Å². The Bertz CT molecular complexity index is 1630. The zero-order valence-electron chi connectivity index (χ0n) is 24.3. The number of alkyl halides is 2. The Kier molecular flexibility index (Phi) is 7.86. The Labute approximate surface area is 252 Å².